The fourth-order valence-corrected chi connectivity index (χ4v) is 1.96. The summed E-state index contributed by atoms with van der Waals surface area (Å²) >= 11 is 0. The van der Waals surface area contributed by atoms with Gasteiger partial charge in [0.15, 0.2) is 6.29 Å². The highest BCUT2D eigenvalue weighted by atomic mass is 16.6. The van der Waals surface area contributed by atoms with Crippen molar-refractivity contribution in [1.29, 1.82) is 0 Å². The van der Waals surface area contributed by atoms with E-state index in [0.717, 1.165) is 0 Å². The minimum Gasteiger partial charge on any atom is -0.381 e. The van der Waals surface area contributed by atoms with Crippen LogP contribution in [0.4, 0.5) is 0 Å². The first-order valence-electron chi connectivity index (χ1n) is 4.79. The maximum Gasteiger partial charge on any atom is 0.160 e. The van der Waals surface area contributed by atoms with Gasteiger partial charge in [-0.1, -0.05) is 13.8 Å². The van der Waals surface area contributed by atoms with Crippen LogP contribution in [0.15, 0.2) is 0 Å². The first-order valence-corrected chi connectivity index (χ1v) is 4.79. The lowest BCUT2D eigenvalue weighted by Crippen LogP contribution is -2.54. The van der Waals surface area contributed by atoms with Gasteiger partial charge < -0.3 is 14.6 Å². The molecule has 0 spiro atoms. The second-order valence-electron chi connectivity index (χ2n) is 4.46. The predicted octanol–water partition coefficient (Wildman–Crippen LogP) is 1.40. The van der Waals surface area contributed by atoms with Crippen molar-refractivity contribution < 1.29 is 14.6 Å². The fraction of sp³-hybridized carbons (Fsp3) is 1.00. The van der Waals surface area contributed by atoms with Gasteiger partial charge in [0.2, 0.25) is 0 Å². The molecule has 1 saturated heterocycles. The quantitative estimate of drug-likeness (QED) is 0.676. The van der Waals surface area contributed by atoms with Gasteiger partial charge in [-0.25, -0.2) is 0 Å². The molecule has 0 aromatic heterocycles. The minimum absolute atomic E-state index is 0.0352. The van der Waals surface area contributed by atoms with E-state index in [2.05, 4.69) is 6.92 Å². The summed E-state index contributed by atoms with van der Waals surface area (Å²) in [6.07, 6.45) is -0.644. The molecule has 78 valence electrons. The summed E-state index contributed by atoms with van der Waals surface area (Å²) in [5, 5.41) is 9.63. The Morgan fingerprint density at radius 3 is 2.31 bits per heavy atom. The lowest BCUT2D eigenvalue weighted by atomic mass is 9.79. The highest BCUT2D eigenvalue weighted by Crippen LogP contribution is 2.37. The highest BCUT2D eigenvalue weighted by Gasteiger charge is 2.45. The van der Waals surface area contributed by atoms with Crippen molar-refractivity contribution in [2.24, 2.45) is 11.8 Å². The van der Waals surface area contributed by atoms with E-state index in [1.165, 1.54) is 0 Å². The number of ether oxygens (including phenoxy) is 2. The highest BCUT2D eigenvalue weighted by molar-refractivity contribution is 4.90. The third kappa shape index (κ3) is 1.87. The van der Waals surface area contributed by atoms with Crippen LogP contribution in [0, 0.1) is 11.8 Å². The van der Waals surface area contributed by atoms with Crippen LogP contribution in [-0.4, -0.2) is 30.2 Å². The average molecular weight is 188 g/mol. The summed E-state index contributed by atoms with van der Waals surface area (Å²) in [6, 6.07) is 0. The molecule has 3 nitrogen and oxygen atoms in total. The number of aliphatic hydroxyl groups excluding tert-OH is 1. The van der Waals surface area contributed by atoms with Gasteiger partial charge in [-0.2, -0.15) is 0 Å². The van der Waals surface area contributed by atoms with Crippen LogP contribution in [0.3, 0.4) is 0 Å². The van der Waals surface area contributed by atoms with Gasteiger partial charge in [-0.3, -0.25) is 0 Å². The molecule has 1 heterocycles. The van der Waals surface area contributed by atoms with Crippen LogP contribution in [0.25, 0.3) is 0 Å². The van der Waals surface area contributed by atoms with Crippen molar-refractivity contribution in [3.8, 4) is 0 Å². The van der Waals surface area contributed by atoms with Crippen molar-refractivity contribution in [3.05, 3.63) is 0 Å². The molecular formula is C10H20O3. The lowest BCUT2D eigenvalue weighted by molar-refractivity contribution is -0.278. The molecule has 1 fully saturated rings. The Morgan fingerprint density at radius 2 is 1.85 bits per heavy atom. The maximum absolute atomic E-state index is 9.63. The van der Waals surface area contributed by atoms with Crippen LogP contribution in [0.1, 0.15) is 27.7 Å². The van der Waals surface area contributed by atoms with E-state index in [-0.39, 0.29) is 23.5 Å². The van der Waals surface area contributed by atoms with Crippen LogP contribution >= 0.6 is 0 Å². The van der Waals surface area contributed by atoms with Crippen molar-refractivity contribution in [3.63, 3.8) is 0 Å². The van der Waals surface area contributed by atoms with Crippen LogP contribution in [0.5, 0.6) is 0 Å². The van der Waals surface area contributed by atoms with Crippen LogP contribution < -0.4 is 0 Å². The molecule has 1 aliphatic rings. The van der Waals surface area contributed by atoms with E-state index in [9.17, 15) is 5.11 Å². The summed E-state index contributed by atoms with van der Waals surface area (Å²) in [6.45, 7) is 8.01. The fourth-order valence-electron chi connectivity index (χ4n) is 1.96. The number of rotatable bonds is 1. The molecule has 4 atom stereocenters. The molecule has 0 bridgehead atoms. The molecule has 0 aromatic carbocycles. The second-order valence-corrected chi connectivity index (χ2v) is 4.46. The standard InChI is InChI=1S/C10H20O3/c1-6-8(12-5)7(2)10(3,4)13-9(6)11/h6-9,11H,1-5H3/t6-,7-,8+,9-/m1/s1. The van der Waals surface area contributed by atoms with E-state index in [4.69, 9.17) is 9.47 Å². The van der Waals surface area contributed by atoms with Gasteiger partial charge in [-0.05, 0) is 13.8 Å². The summed E-state index contributed by atoms with van der Waals surface area (Å²) in [4.78, 5) is 0. The lowest BCUT2D eigenvalue weighted by Gasteiger charge is -2.47. The average Bonchev–Trinajstić information content (AvgIpc) is 2.02. The maximum atomic E-state index is 9.63. The van der Waals surface area contributed by atoms with Gasteiger partial charge in [0, 0.05) is 18.9 Å². The normalized spacial score (nSPS) is 44.8. The molecule has 0 aliphatic carbocycles. The number of hydrogen-bond acceptors (Lipinski definition) is 3. The molecule has 1 rings (SSSR count). The molecule has 0 saturated carbocycles. The first-order chi connectivity index (χ1) is 5.90. The van der Waals surface area contributed by atoms with Crippen LogP contribution in [0.2, 0.25) is 0 Å². The Balaban J connectivity index is 2.81. The molecule has 0 amide bonds. The third-order valence-corrected chi connectivity index (χ3v) is 3.25. The van der Waals surface area contributed by atoms with Gasteiger partial charge in [0.1, 0.15) is 0 Å². The van der Waals surface area contributed by atoms with E-state index >= 15 is 0 Å². The van der Waals surface area contributed by atoms with Gasteiger partial charge >= 0.3 is 0 Å². The summed E-state index contributed by atoms with van der Waals surface area (Å²) in [7, 11) is 1.69. The molecule has 0 radical (unpaired) electrons. The SMILES string of the molecule is CO[C@H]1[C@@H](C)[C@H](O)OC(C)(C)[C@@H]1C. The van der Waals surface area contributed by atoms with E-state index in [1.54, 1.807) is 7.11 Å². The summed E-state index contributed by atoms with van der Waals surface area (Å²) < 4.78 is 10.9. The molecular weight excluding hydrogens is 168 g/mol. The van der Waals surface area contributed by atoms with Crippen molar-refractivity contribution in [2.45, 2.75) is 45.7 Å². The molecule has 13 heavy (non-hydrogen) atoms. The Hall–Kier alpha value is -0.120. The monoisotopic (exact) mass is 188 g/mol. The molecule has 1 aliphatic heterocycles. The number of methoxy groups -OCH3 is 1. The van der Waals surface area contributed by atoms with Crippen molar-refractivity contribution >= 4 is 0 Å². The zero-order valence-electron chi connectivity index (χ0n) is 9.07. The van der Waals surface area contributed by atoms with E-state index in [1.807, 2.05) is 20.8 Å². The molecule has 3 heteroatoms. The van der Waals surface area contributed by atoms with Crippen molar-refractivity contribution in [1.82, 2.24) is 0 Å². The topological polar surface area (TPSA) is 38.7 Å². The Labute approximate surface area is 80.0 Å². The van der Waals surface area contributed by atoms with E-state index < -0.39 is 6.29 Å². The Kier molecular flexibility index (Phi) is 3.00. The van der Waals surface area contributed by atoms with Gasteiger partial charge in [-0.15, -0.1) is 0 Å². The summed E-state index contributed by atoms with van der Waals surface area (Å²) in [5.74, 6) is 0.323. The molecule has 0 unspecified atom stereocenters. The zero-order valence-corrected chi connectivity index (χ0v) is 9.07. The largest absolute Gasteiger partial charge is 0.381 e. The van der Waals surface area contributed by atoms with Gasteiger partial charge in [0.05, 0.1) is 11.7 Å². The molecule has 1 N–H and O–H groups in total. The Morgan fingerprint density at radius 1 is 1.31 bits per heavy atom. The number of aliphatic hydroxyl groups is 1. The second kappa shape index (κ2) is 3.56. The van der Waals surface area contributed by atoms with E-state index in [0.29, 0.717) is 0 Å². The first kappa shape index (κ1) is 11.0. The Bertz CT molecular complexity index is 179. The summed E-state index contributed by atoms with van der Waals surface area (Å²) in [5.41, 5.74) is -0.313. The molecule has 0 aromatic rings. The third-order valence-electron chi connectivity index (χ3n) is 3.25. The van der Waals surface area contributed by atoms with Gasteiger partial charge in [0.25, 0.3) is 0 Å². The zero-order chi connectivity index (χ0) is 10.2. The minimum atomic E-state index is -0.712. The predicted molar refractivity (Wildman–Crippen MR) is 50.3 cm³/mol. The smallest absolute Gasteiger partial charge is 0.160 e. The van der Waals surface area contributed by atoms with Crippen molar-refractivity contribution in [2.75, 3.05) is 7.11 Å². The number of hydrogen-bond donors (Lipinski definition) is 1. The van der Waals surface area contributed by atoms with Crippen LogP contribution in [-0.2, 0) is 9.47 Å².